The van der Waals surface area contributed by atoms with E-state index in [4.69, 9.17) is 4.52 Å². The Hall–Kier alpha value is -3.07. The SMILES string of the molecule is O=C(NCC(=O)N1CCC(c2nc(-c3ccccn3)no2)CC1)c1ccsc1. The second kappa shape index (κ2) is 8.30. The standard InChI is InChI=1S/C19H19N5O3S/c25-16(11-21-18(26)14-6-10-28-12-14)24-8-4-13(5-9-24)19-22-17(23-27-19)15-3-1-2-7-20-15/h1-3,6-7,10,12-13H,4-5,8-9,11H2,(H,21,26). The van der Waals surface area contributed by atoms with Crippen molar-refractivity contribution in [3.05, 3.63) is 52.7 Å². The average Bonchev–Trinajstić information content (AvgIpc) is 3.45. The van der Waals surface area contributed by atoms with Gasteiger partial charge in [0, 0.05) is 36.1 Å². The molecule has 0 atom stereocenters. The number of aromatic nitrogens is 3. The summed E-state index contributed by atoms with van der Waals surface area (Å²) >= 11 is 1.45. The molecule has 2 amide bonds. The number of nitrogens with zero attached hydrogens (tertiary/aromatic N) is 4. The van der Waals surface area contributed by atoms with Crippen LogP contribution in [-0.2, 0) is 4.79 Å². The van der Waals surface area contributed by atoms with E-state index in [0.29, 0.717) is 36.1 Å². The van der Waals surface area contributed by atoms with Crippen LogP contribution in [-0.4, -0.2) is 51.5 Å². The molecule has 9 heteroatoms. The highest BCUT2D eigenvalue weighted by Gasteiger charge is 2.28. The highest BCUT2D eigenvalue weighted by atomic mass is 32.1. The number of likely N-dealkylation sites (tertiary alicyclic amines) is 1. The Balaban J connectivity index is 1.28. The molecule has 0 aromatic carbocycles. The molecule has 144 valence electrons. The summed E-state index contributed by atoms with van der Waals surface area (Å²) in [6.45, 7) is 1.20. The fourth-order valence-electron chi connectivity index (χ4n) is 3.14. The van der Waals surface area contributed by atoms with E-state index in [-0.39, 0.29) is 24.3 Å². The third-order valence-electron chi connectivity index (χ3n) is 4.72. The normalized spacial score (nSPS) is 14.8. The maximum Gasteiger partial charge on any atom is 0.252 e. The van der Waals surface area contributed by atoms with Gasteiger partial charge in [0.2, 0.25) is 17.6 Å². The van der Waals surface area contributed by atoms with Crippen molar-refractivity contribution in [2.45, 2.75) is 18.8 Å². The van der Waals surface area contributed by atoms with Crippen LogP contribution in [0.2, 0.25) is 0 Å². The van der Waals surface area contributed by atoms with Gasteiger partial charge in [-0.1, -0.05) is 11.2 Å². The third-order valence-corrected chi connectivity index (χ3v) is 5.40. The molecule has 3 aromatic heterocycles. The van der Waals surface area contributed by atoms with Gasteiger partial charge in [-0.3, -0.25) is 14.6 Å². The smallest absolute Gasteiger partial charge is 0.252 e. The molecular weight excluding hydrogens is 378 g/mol. The number of carbonyl (C=O) groups is 2. The van der Waals surface area contributed by atoms with Crippen LogP contribution in [0, 0.1) is 0 Å². The van der Waals surface area contributed by atoms with E-state index in [1.807, 2.05) is 23.6 Å². The Bertz CT molecular complexity index is 934. The van der Waals surface area contributed by atoms with Gasteiger partial charge in [0.05, 0.1) is 6.54 Å². The van der Waals surface area contributed by atoms with E-state index in [1.165, 1.54) is 11.3 Å². The van der Waals surface area contributed by atoms with Gasteiger partial charge in [0.25, 0.3) is 5.91 Å². The minimum Gasteiger partial charge on any atom is -0.343 e. The molecule has 1 fully saturated rings. The number of piperidine rings is 1. The predicted octanol–water partition coefficient (Wildman–Crippen LogP) is 2.33. The van der Waals surface area contributed by atoms with Crippen LogP contribution in [0.25, 0.3) is 11.5 Å². The Labute approximate surface area is 165 Å². The molecule has 8 nitrogen and oxygen atoms in total. The molecule has 0 spiro atoms. The first-order chi connectivity index (χ1) is 13.7. The number of nitrogens with one attached hydrogen (secondary N) is 1. The Kier molecular flexibility index (Phi) is 5.43. The van der Waals surface area contributed by atoms with Crippen molar-refractivity contribution in [2.75, 3.05) is 19.6 Å². The number of hydrogen-bond acceptors (Lipinski definition) is 7. The van der Waals surface area contributed by atoms with Crippen molar-refractivity contribution in [1.29, 1.82) is 0 Å². The van der Waals surface area contributed by atoms with Gasteiger partial charge in [-0.2, -0.15) is 16.3 Å². The van der Waals surface area contributed by atoms with Crippen LogP contribution < -0.4 is 5.32 Å². The van der Waals surface area contributed by atoms with Gasteiger partial charge < -0.3 is 14.7 Å². The topological polar surface area (TPSA) is 101 Å². The van der Waals surface area contributed by atoms with E-state index in [9.17, 15) is 9.59 Å². The quantitative estimate of drug-likeness (QED) is 0.709. The summed E-state index contributed by atoms with van der Waals surface area (Å²) in [7, 11) is 0. The van der Waals surface area contributed by atoms with Crippen molar-refractivity contribution >= 4 is 23.2 Å². The van der Waals surface area contributed by atoms with Crippen molar-refractivity contribution < 1.29 is 14.1 Å². The minimum absolute atomic E-state index is 0.00370. The number of carbonyl (C=O) groups excluding carboxylic acids is 2. The molecule has 4 rings (SSSR count). The lowest BCUT2D eigenvalue weighted by atomic mass is 9.96. The largest absolute Gasteiger partial charge is 0.343 e. The molecule has 0 saturated carbocycles. The molecule has 0 unspecified atom stereocenters. The molecule has 0 aliphatic carbocycles. The zero-order chi connectivity index (χ0) is 19.3. The van der Waals surface area contributed by atoms with E-state index in [0.717, 1.165) is 12.8 Å². The van der Waals surface area contributed by atoms with Crippen LogP contribution in [0.3, 0.4) is 0 Å². The minimum atomic E-state index is -0.225. The molecule has 0 radical (unpaired) electrons. The van der Waals surface area contributed by atoms with Crippen molar-refractivity contribution in [3.8, 4) is 11.5 Å². The second-order valence-corrected chi connectivity index (χ2v) is 7.30. The zero-order valence-electron chi connectivity index (χ0n) is 15.1. The monoisotopic (exact) mass is 397 g/mol. The first-order valence-electron chi connectivity index (χ1n) is 9.04. The Morgan fingerprint density at radius 1 is 1.25 bits per heavy atom. The van der Waals surface area contributed by atoms with Crippen LogP contribution >= 0.6 is 11.3 Å². The van der Waals surface area contributed by atoms with Gasteiger partial charge in [0.1, 0.15) is 5.69 Å². The highest BCUT2D eigenvalue weighted by Crippen LogP contribution is 2.28. The molecule has 1 N–H and O–H groups in total. The van der Waals surface area contributed by atoms with Crippen LogP contribution in [0.4, 0.5) is 0 Å². The summed E-state index contributed by atoms with van der Waals surface area (Å²) < 4.78 is 5.41. The van der Waals surface area contributed by atoms with Crippen LogP contribution in [0.15, 0.2) is 45.7 Å². The first kappa shape index (κ1) is 18.3. The van der Waals surface area contributed by atoms with E-state index >= 15 is 0 Å². The van der Waals surface area contributed by atoms with Crippen molar-refractivity contribution in [3.63, 3.8) is 0 Å². The predicted molar refractivity (Wildman–Crippen MR) is 103 cm³/mol. The summed E-state index contributed by atoms with van der Waals surface area (Å²) in [6, 6.07) is 7.28. The van der Waals surface area contributed by atoms with Gasteiger partial charge in [-0.15, -0.1) is 0 Å². The molecule has 1 aliphatic rings. The lowest BCUT2D eigenvalue weighted by molar-refractivity contribution is -0.131. The number of pyridine rings is 1. The number of hydrogen-bond donors (Lipinski definition) is 1. The van der Waals surface area contributed by atoms with Crippen molar-refractivity contribution in [2.24, 2.45) is 0 Å². The summed E-state index contributed by atoms with van der Waals surface area (Å²) in [5.74, 6) is 0.873. The van der Waals surface area contributed by atoms with E-state index < -0.39 is 0 Å². The zero-order valence-corrected chi connectivity index (χ0v) is 15.9. The average molecular weight is 397 g/mol. The fraction of sp³-hybridized carbons (Fsp3) is 0.316. The maximum absolute atomic E-state index is 12.4. The molecular formula is C19H19N5O3S. The van der Waals surface area contributed by atoms with E-state index in [2.05, 4.69) is 20.4 Å². The Morgan fingerprint density at radius 2 is 2.11 bits per heavy atom. The second-order valence-electron chi connectivity index (χ2n) is 6.52. The van der Waals surface area contributed by atoms with Crippen LogP contribution in [0.5, 0.6) is 0 Å². The summed E-state index contributed by atoms with van der Waals surface area (Å²) in [4.78, 5) is 34.8. The van der Waals surface area contributed by atoms with Crippen molar-refractivity contribution in [1.82, 2.24) is 25.3 Å². The maximum atomic E-state index is 12.4. The number of rotatable bonds is 5. The first-order valence-corrected chi connectivity index (χ1v) is 9.98. The lowest BCUT2D eigenvalue weighted by Crippen LogP contribution is -2.43. The summed E-state index contributed by atoms with van der Waals surface area (Å²) in [5.41, 5.74) is 1.25. The summed E-state index contributed by atoms with van der Waals surface area (Å²) in [5, 5.41) is 10.3. The number of thiophene rings is 1. The van der Waals surface area contributed by atoms with E-state index in [1.54, 1.807) is 22.5 Å². The highest BCUT2D eigenvalue weighted by molar-refractivity contribution is 7.08. The molecule has 1 saturated heterocycles. The third kappa shape index (κ3) is 4.09. The molecule has 3 aromatic rings. The Morgan fingerprint density at radius 3 is 2.82 bits per heavy atom. The molecule has 1 aliphatic heterocycles. The molecule has 4 heterocycles. The molecule has 0 bridgehead atoms. The fourth-order valence-corrected chi connectivity index (χ4v) is 3.78. The summed E-state index contributed by atoms with van der Waals surface area (Å²) in [6.07, 6.45) is 3.18. The lowest BCUT2D eigenvalue weighted by Gasteiger charge is -2.30. The molecule has 28 heavy (non-hydrogen) atoms. The van der Waals surface area contributed by atoms with Gasteiger partial charge >= 0.3 is 0 Å². The number of amides is 2. The van der Waals surface area contributed by atoms with Gasteiger partial charge in [-0.05, 0) is 36.4 Å². The van der Waals surface area contributed by atoms with Crippen LogP contribution in [0.1, 0.15) is 35.0 Å². The van der Waals surface area contributed by atoms with Gasteiger partial charge in [-0.25, -0.2) is 0 Å². The van der Waals surface area contributed by atoms with Gasteiger partial charge in [0.15, 0.2) is 0 Å².